The van der Waals surface area contributed by atoms with Gasteiger partial charge < -0.3 is 24.8 Å². The summed E-state index contributed by atoms with van der Waals surface area (Å²) < 4.78 is 16.1. The largest absolute Gasteiger partial charge is 0.497 e. The lowest BCUT2D eigenvalue weighted by Crippen LogP contribution is -2.20. The third-order valence-electron chi connectivity index (χ3n) is 4.99. The lowest BCUT2D eigenvalue weighted by molar-refractivity contribution is -0.118. The molecule has 2 amide bonds. The van der Waals surface area contributed by atoms with Crippen molar-refractivity contribution in [3.8, 4) is 23.3 Å². The molecule has 8 heteroatoms. The highest BCUT2D eigenvalue weighted by molar-refractivity contribution is 6.10. The van der Waals surface area contributed by atoms with Gasteiger partial charge in [-0.05, 0) is 66.6 Å². The summed E-state index contributed by atoms with van der Waals surface area (Å²) in [7, 11) is 3.03. The number of nitriles is 1. The van der Waals surface area contributed by atoms with E-state index in [1.165, 1.54) is 13.2 Å². The second-order valence-corrected chi connectivity index (χ2v) is 7.41. The number of benzene rings is 3. The second-order valence-electron chi connectivity index (χ2n) is 7.41. The Kier molecular flexibility index (Phi) is 8.46. The fraction of sp³-hybridized carbons (Fsp3) is 0.148. The van der Waals surface area contributed by atoms with Crippen LogP contribution in [0.15, 0.2) is 72.3 Å². The number of aryl methyl sites for hydroxylation is 1. The quantitative estimate of drug-likeness (QED) is 0.349. The number of carbonyl (C=O) groups is 2. The molecule has 0 heterocycles. The maximum atomic E-state index is 12.6. The summed E-state index contributed by atoms with van der Waals surface area (Å²) in [4.78, 5) is 24.8. The van der Waals surface area contributed by atoms with Crippen molar-refractivity contribution >= 4 is 29.3 Å². The lowest BCUT2D eigenvalue weighted by Gasteiger charge is -2.12. The van der Waals surface area contributed by atoms with Gasteiger partial charge in [0.15, 0.2) is 18.1 Å². The van der Waals surface area contributed by atoms with Gasteiger partial charge >= 0.3 is 0 Å². The number of hydrogen-bond acceptors (Lipinski definition) is 6. The van der Waals surface area contributed by atoms with Gasteiger partial charge in [-0.1, -0.05) is 24.3 Å². The second kappa shape index (κ2) is 11.9. The van der Waals surface area contributed by atoms with E-state index in [4.69, 9.17) is 14.2 Å². The monoisotopic (exact) mass is 471 g/mol. The summed E-state index contributed by atoms with van der Waals surface area (Å²) in [5.41, 5.74) is 2.63. The Morgan fingerprint density at radius 1 is 0.943 bits per heavy atom. The Balaban J connectivity index is 1.66. The van der Waals surface area contributed by atoms with E-state index in [1.54, 1.807) is 61.7 Å². The van der Waals surface area contributed by atoms with Gasteiger partial charge in [-0.2, -0.15) is 5.26 Å². The highest BCUT2D eigenvalue weighted by Gasteiger charge is 2.13. The molecule has 0 aromatic heterocycles. The molecule has 0 aliphatic rings. The van der Waals surface area contributed by atoms with E-state index >= 15 is 0 Å². The van der Waals surface area contributed by atoms with Crippen molar-refractivity contribution in [3.05, 3.63) is 83.4 Å². The summed E-state index contributed by atoms with van der Waals surface area (Å²) in [6.07, 6.45) is 1.45. The predicted molar refractivity (Wildman–Crippen MR) is 134 cm³/mol. The Labute approximate surface area is 203 Å². The summed E-state index contributed by atoms with van der Waals surface area (Å²) in [6.45, 7) is 1.63. The van der Waals surface area contributed by atoms with Crippen molar-refractivity contribution in [2.24, 2.45) is 0 Å². The minimum atomic E-state index is -0.517. The van der Waals surface area contributed by atoms with Crippen LogP contribution in [0.25, 0.3) is 6.08 Å². The number of amides is 2. The van der Waals surface area contributed by atoms with Crippen molar-refractivity contribution in [1.82, 2.24) is 0 Å². The van der Waals surface area contributed by atoms with Gasteiger partial charge in [0, 0.05) is 11.4 Å². The first-order chi connectivity index (χ1) is 16.9. The number of methoxy groups -OCH3 is 2. The molecule has 8 nitrogen and oxygen atoms in total. The zero-order valence-electron chi connectivity index (χ0n) is 19.6. The molecule has 0 aliphatic heterocycles. The molecule has 2 N–H and O–H groups in total. The standard InChI is InChI=1S/C27H25N3O5/c1-18-6-4-5-7-23(18)30-27(32)20(16-28)14-19-8-13-24(25(15-19)34-3)35-17-26(31)29-21-9-11-22(33-2)12-10-21/h4-15H,17H2,1-3H3,(H,29,31)(H,30,32)/b20-14-. The van der Waals surface area contributed by atoms with Crippen LogP contribution in [0.3, 0.4) is 0 Å². The van der Waals surface area contributed by atoms with Gasteiger partial charge in [-0.25, -0.2) is 0 Å². The minimum Gasteiger partial charge on any atom is -0.497 e. The zero-order valence-corrected chi connectivity index (χ0v) is 19.6. The Morgan fingerprint density at radius 2 is 1.69 bits per heavy atom. The molecular formula is C27H25N3O5. The highest BCUT2D eigenvalue weighted by Crippen LogP contribution is 2.29. The van der Waals surface area contributed by atoms with Crippen LogP contribution < -0.4 is 24.8 Å². The van der Waals surface area contributed by atoms with E-state index < -0.39 is 5.91 Å². The van der Waals surface area contributed by atoms with Crippen molar-refractivity contribution in [2.75, 3.05) is 31.5 Å². The summed E-state index contributed by atoms with van der Waals surface area (Å²) >= 11 is 0. The average molecular weight is 472 g/mol. The number of anilines is 2. The molecule has 3 rings (SSSR count). The van der Waals surface area contributed by atoms with Gasteiger partial charge in [0.2, 0.25) is 0 Å². The molecule has 0 bridgehead atoms. The maximum Gasteiger partial charge on any atom is 0.266 e. The molecule has 35 heavy (non-hydrogen) atoms. The summed E-state index contributed by atoms with van der Waals surface area (Å²) in [5.74, 6) is 0.521. The SMILES string of the molecule is COc1ccc(NC(=O)COc2ccc(/C=C(/C#N)C(=O)Nc3ccccc3C)cc2OC)cc1. The molecule has 3 aromatic rings. The summed E-state index contributed by atoms with van der Waals surface area (Å²) in [5, 5.41) is 15.0. The van der Waals surface area contributed by atoms with Crippen LogP contribution in [0.1, 0.15) is 11.1 Å². The van der Waals surface area contributed by atoms with Crippen LogP contribution >= 0.6 is 0 Å². The summed E-state index contributed by atoms with van der Waals surface area (Å²) in [6, 6.07) is 21.1. The first-order valence-electron chi connectivity index (χ1n) is 10.7. The number of carbonyl (C=O) groups excluding carboxylic acids is 2. The van der Waals surface area contributed by atoms with E-state index in [2.05, 4.69) is 10.6 Å². The van der Waals surface area contributed by atoms with Gasteiger partial charge in [-0.15, -0.1) is 0 Å². The molecule has 0 saturated heterocycles. The number of rotatable bonds is 9. The smallest absolute Gasteiger partial charge is 0.266 e. The van der Waals surface area contributed by atoms with Gasteiger partial charge in [0.25, 0.3) is 11.8 Å². The van der Waals surface area contributed by atoms with E-state index in [0.29, 0.717) is 34.2 Å². The molecular weight excluding hydrogens is 446 g/mol. The van der Waals surface area contributed by atoms with Gasteiger partial charge in [0.05, 0.1) is 14.2 Å². The molecule has 0 saturated carbocycles. The minimum absolute atomic E-state index is 0.0668. The van der Waals surface area contributed by atoms with Crippen LogP contribution in [0.2, 0.25) is 0 Å². The first-order valence-corrected chi connectivity index (χ1v) is 10.7. The number of ether oxygens (including phenoxy) is 3. The highest BCUT2D eigenvalue weighted by atomic mass is 16.5. The predicted octanol–water partition coefficient (Wildman–Crippen LogP) is 4.58. The van der Waals surface area contributed by atoms with Crippen LogP contribution in [-0.2, 0) is 9.59 Å². The van der Waals surface area contributed by atoms with Crippen LogP contribution in [0.4, 0.5) is 11.4 Å². The molecule has 0 aliphatic carbocycles. The third-order valence-corrected chi connectivity index (χ3v) is 4.99. The molecule has 0 unspecified atom stereocenters. The molecule has 0 fully saturated rings. The number of hydrogen-bond donors (Lipinski definition) is 2. The normalized spacial score (nSPS) is 10.6. The number of nitrogens with one attached hydrogen (secondary N) is 2. The molecule has 3 aromatic carbocycles. The number of para-hydroxylation sites is 1. The van der Waals surface area contributed by atoms with Crippen LogP contribution in [0.5, 0.6) is 17.2 Å². The topological polar surface area (TPSA) is 110 Å². The lowest BCUT2D eigenvalue weighted by atomic mass is 10.1. The van der Waals surface area contributed by atoms with Crippen LogP contribution in [0, 0.1) is 18.3 Å². The molecule has 0 radical (unpaired) electrons. The third kappa shape index (κ3) is 6.85. The van der Waals surface area contributed by atoms with E-state index in [0.717, 1.165) is 5.56 Å². The van der Waals surface area contributed by atoms with E-state index in [9.17, 15) is 14.9 Å². The van der Waals surface area contributed by atoms with Crippen molar-refractivity contribution < 1.29 is 23.8 Å². The Morgan fingerprint density at radius 3 is 2.34 bits per heavy atom. The number of nitrogens with zero attached hydrogens (tertiary/aromatic N) is 1. The van der Waals surface area contributed by atoms with Crippen molar-refractivity contribution in [1.29, 1.82) is 5.26 Å². The molecule has 0 spiro atoms. The molecule has 0 atom stereocenters. The van der Waals surface area contributed by atoms with Crippen molar-refractivity contribution in [2.45, 2.75) is 6.92 Å². The van der Waals surface area contributed by atoms with Crippen LogP contribution in [-0.4, -0.2) is 32.6 Å². The van der Waals surface area contributed by atoms with Crippen molar-refractivity contribution in [3.63, 3.8) is 0 Å². The van der Waals surface area contributed by atoms with E-state index in [1.807, 2.05) is 25.1 Å². The Bertz CT molecular complexity index is 1280. The fourth-order valence-corrected chi connectivity index (χ4v) is 3.13. The maximum absolute atomic E-state index is 12.6. The average Bonchev–Trinajstić information content (AvgIpc) is 2.88. The van der Waals surface area contributed by atoms with Gasteiger partial charge in [0.1, 0.15) is 17.4 Å². The van der Waals surface area contributed by atoms with E-state index in [-0.39, 0.29) is 18.1 Å². The zero-order chi connectivity index (χ0) is 25.2. The Hall–Kier alpha value is -4.77. The molecule has 178 valence electrons. The first kappa shape index (κ1) is 24.9. The van der Waals surface area contributed by atoms with Gasteiger partial charge in [-0.3, -0.25) is 9.59 Å². The fourth-order valence-electron chi connectivity index (χ4n) is 3.13.